The summed E-state index contributed by atoms with van der Waals surface area (Å²) in [7, 11) is 0. The van der Waals surface area contributed by atoms with Gasteiger partial charge in [0, 0.05) is 11.6 Å². The molecule has 0 aromatic heterocycles. The van der Waals surface area contributed by atoms with Crippen LogP contribution in [-0.2, 0) is 4.79 Å². The fourth-order valence-corrected chi connectivity index (χ4v) is 0.886. The molecule has 4 nitrogen and oxygen atoms in total. The summed E-state index contributed by atoms with van der Waals surface area (Å²) in [6, 6.07) is 6.45. The lowest BCUT2D eigenvalue weighted by Gasteiger charge is -2.07. The molecule has 1 rings (SSSR count). The van der Waals surface area contributed by atoms with E-state index in [2.05, 4.69) is 10.2 Å². The van der Waals surface area contributed by atoms with Crippen molar-refractivity contribution < 1.29 is 14.9 Å². The van der Waals surface area contributed by atoms with Crippen LogP contribution in [0.1, 0.15) is 13.8 Å². The zero-order chi connectivity index (χ0) is 10.6. The Morgan fingerprint density at radius 2 is 1.93 bits per heavy atom. The molecule has 0 atom stereocenters. The Kier molecular flexibility index (Phi) is 3.48. The molecule has 0 spiro atoms. The van der Waals surface area contributed by atoms with E-state index < -0.39 is 0 Å². The second-order valence-corrected chi connectivity index (χ2v) is 3.26. The zero-order valence-corrected chi connectivity index (χ0v) is 8.15. The molecule has 0 aliphatic heterocycles. The van der Waals surface area contributed by atoms with Crippen molar-refractivity contribution in [2.75, 3.05) is 5.32 Å². The maximum Gasteiger partial charge on any atom is 0.226 e. The SMILES string of the molecule is CC(C)C(=O)Nc1ccc(OO)cc1. The predicted molar refractivity (Wildman–Crippen MR) is 53.2 cm³/mol. The maximum atomic E-state index is 11.3. The number of carbonyl (C=O) groups is 1. The van der Waals surface area contributed by atoms with Crippen molar-refractivity contribution in [3.05, 3.63) is 24.3 Å². The molecular weight excluding hydrogens is 182 g/mol. The maximum absolute atomic E-state index is 11.3. The van der Waals surface area contributed by atoms with Gasteiger partial charge >= 0.3 is 0 Å². The third kappa shape index (κ3) is 2.74. The van der Waals surface area contributed by atoms with E-state index in [1.54, 1.807) is 24.3 Å². The van der Waals surface area contributed by atoms with E-state index in [9.17, 15) is 4.79 Å². The topological polar surface area (TPSA) is 58.6 Å². The van der Waals surface area contributed by atoms with Gasteiger partial charge in [-0.2, -0.15) is 0 Å². The lowest BCUT2D eigenvalue weighted by atomic mass is 10.2. The van der Waals surface area contributed by atoms with Crippen molar-refractivity contribution >= 4 is 11.6 Å². The molecule has 0 aliphatic rings. The number of rotatable bonds is 3. The number of nitrogens with one attached hydrogen (secondary N) is 1. The summed E-state index contributed by atoms with van der Waals surface area (Å²) in [4.78, 5) is 15.3. The first-order chi connectivity index (χ1) is 6.63. The minimum absolute atomic E-state index is 0.0392. The third-order valence-electron chi connectivity index (χ3n) is 1.75. The quantitative estimate of drug-likeness (QED) is 0.573. The van der Waals surface area contributed by atoms with Crippen molar-refractivity contribution in [3.8, 4) is 5.75 Å². The highest BCUT2D eigenvalue weighted by Crippen LogP contribution is 2.15. The van der Waals surface area contributed by atoms with Crippen molar-refractivity contribution in [2.45, 2.75) is 13.8 Å². The van der Waals surface area contributed by atoms with E-state index in [0.29, 0.717) is 11.4 Å². The smallest absolute Gasteiger partial charge is 0.226 e. The van der Waals surface area contributed by atoms with Gasteiger partial charge in [-0.1, -0.05) is 13.8 Å². The van der Waals surface area contributed by atoms with Crippen LogP contribution in [0.3, 0.4) is 0 Å². The van der Waals surface area contributed by atoms with E-state index in [1.807, 2.05) is 13.8 Å². The second-order valence-electron chi connectivity index (χ2n) is 3.26. The van der Waals surface area contributed by atoms with E-state index in [1.165, 1.54) is 0 Å². The highest BCUT2D eigenvalue weighted by atomic mass is 17.1. The van der Waals surface area contributed by atoms with Crippen molar-refractivity contribution in [1.82, 2.24) is 0 Å². The Balaban J connectivity index is 2.64. The molecule has 4 heteroatoms. The summed E-state index contributed by atoms with van der Waals surface area (Å²) in [5.74, 6) is 0.249. The Bertz CT molecular complexity index is 306. The van der Waals surface area contributed by atoms with Crippen LogP contribution >= 0.6 is 0 Å². The third-order valence-corrected chi connectivity index (χ3v) is 1.75. The Morgan fingerprint density at radius 3 is 2.36 bits per heavy atom. The second kappa shape index (κ2) is 4.62. The first kappa shape index (κ1) is 10.5. The van der Waals surface area contributed by atoms with Crippen LogP contribution in [-0.4, -0.2) is 11.2 Å². The molecule has 0 bridgehead atoms. The minimum atomic E-state index is -0.0521. The van der Waals surface area contributed by atoms with E-state index >= 15 is 0 Å². The molecule has 76 valence electrons. The van der Waals surface area contributed by atoms with Gasteiger partial charge in [0.2, 0.25) is 5.91 Å². The number of hydrogen-bond donors (Lipinski definition) is 2. The van der Waals surface area contributed by atoms with Gasteiger partial charge in [-0.25, -0.2) is 5.26 Å². The van der Waals surface area contributed by atoms with Crippen molar-refractivity contribution in [1.29, 1.82) is 0 Å². The number of hydrogen-bond acceptors (Lipinski definition) is 3. The van der Waals surface area contributed by atoms with E-state index in [-0.39, 0.29) is 11.8 Å². The standard InChI is InChI=1S/C10H13NO3/c1-7(2)10(12)11-8-3-5-9(14-13)6-4-8/h3-7,13H,1-2H3,(H,11,12). The number of amides is 1. The van der Waals surface area contributed by atoms with E-state index in [4.69, 9.17) is 5.26 Å². The number of benzene rings is 1. The fraction of sp³-hybridized carbons (Fsp3) is 0.300. The van der Waals surface area contributed by atoms with Crippen molar-refractivity contribution in [3.63, 3.8) is 0 Å². The molecule has 0 fully saturated rings. The van der Waals surface area contributed by atoms with Gasteiger partial charge in [0.1, 0.15) is 0 Å². The van der Waals surface area contributed by atoms with E-state index in [0.717, 1.165) is 0 Å². The minimum Gasteiger partial charge on any atom is -0.340 e. The van der Waals surface area contributed by atoms with Gasteiger partial charge in [0.25, 0.3) is 0 Å². The lowest BCUT2D eigenvalue weighted by molar-refractivity contribution is -0.137. The first-order valence-electron chi connectivity index (χ1n) is 4.36. The number of anilines is 1. The summed E-state index contributed by atoms with van der Waals surface area (Å²) < 4.78 is 0. The van der Waals surface area contributed by atoms with Crippen LogP contribution in [0.5, 0.6) is 5.75 Å². The summed E-state index contributed by atoms with van der Waals surface area (Å²) >= 11 is 0. The average Bonchev–Trinajstić information content (AvgIpc) is 2.19. The summed E-state index contributed by atoms with van der Waals surface area (Å²) in [6.07, 6.45) is 0. The van der Waals surface area contributed by atoms with Crippen LogP contribution < -0.4 is 10.2 Å². The fourth-order valence-electron chi connectivity index (χ4n) is 0.886. The monoisotopic (exact) mass is 195 g/mol. The van der Waals surface area contributed by atoms with Crippen molar-refractivity contribution in [2.24, 2.45) is 5.92 Å². The van der Waals surface area contributed by atoms with Gasteiger partial charge in [-0.15, -0.1) is 0 Å². The molecule has 1 aromatic carbocycles. The van der Waals surface area contributed by atoms with Gasteiger partial charge < -0.3 is 10.2 Å². The highest BCUT2D eigenvalue weighted by molar-refractivity contribution is 5.92. The van der Waals surface area contributed by atoms with Crippen LogP contribution in [0.25, 0.3) is 0 Å². The molecule has 0 radical (unpaired) electrons. The summed E-state index contributed by atoms with van der Waals surface area (Å²) in [5.41, 5.74) is 0.685. The Hall–Kier alpha value is -1.55. The predicted octanol–water partition coefficient (Wildman–Crippen LogP) is 2.13. The van der Waals surface area contributed by atoms with Crippen LogP contribution in [0.15, 0.2) is 24.3 Å². The molecule has 1 amide bonds. The van der Waals surface area contributed by atoms with Crippen LogP contribution in [0.2, 0.25) is 0 Å². The largest absolute Gasteiger partial charge is 0.340 e. The molecule has 2 N–H and O–H groups in total. The normalized spacial score (nSPS) is 10.0. The van der Waals surface area contributed by atoms with Crippen LogP contribution in [0, 0.1) is 5.92 Å². The van der Waals surface area contributed by atoms with Gasteiger partial charge in [-0.05, 0) is 24.3 Å². The first-order valence-corrected chi connectivity index (χ1v) is 4.36. The molecule has 0 saturated carbocycles. The molecule has 0 saturated heterocycles. The Labute approximate surface area is 82.4 Å². The van der Waals surface area contributed by atoms with Gasteiger partial charge in [-0.3, -0.25) is 4.79 Å². The highest BCUT2D eigenvalue weighted by Gasteiger charge is 2.06. The Morgan fingerprint density at radius 1 is 1.36 bits per heavy atom. The molecule has 0 unspecified atom stereocenters. The molecular formula is C10H13NO3. The molecule has 0 aliphatic carbocycles. The lowest BCUT2D eigenvalue weighted by Crippen LogP contribution is -2.17. The van der Waals surface area contributed by atoms with Crippen LogP contribution in [0.4, 0.5) is 5.69 Å². The summed E-state index contributed by atoms with van der Waals surface area (Å²) in [6.45, 7) is 3.64. The molecule has 0 heterocycles. The molecule has 1 aromatic rings. The average molecular weight is 195 g/mol. The number of carbonyl (C=O) groups excluding carboxylic acids is 1. The summed E-state index contributed by atoms with van der Waals surface area (Å²) in [5, 5.41) is 11.0. The van der Waals surface area contributed by atoms with Gasteiger partial charge in [0.15, 0.2) is 5.75 Å². The van der Waals surface area contributed by atoms with Gasteiger partial charge in [0.05, 0.1) is 0 Å². The molecule has 14 heavy (non-hydrogen) atoms. The zero-order valence-electron chi connectivity index (χ0n) is 8.15.